The third-order valence-electron chi connectivity index (χ3n) is 1.13. The van der Waals surface area contributed by atoms with Crippen molar-refractivity contribution in [2.45, 2.75) is 27.7 Å². The third kappa shape index (κ3) is 11.2. The minimum absolute atomic E-state index is 0. The molecule has 6 heteroatoms. The van der Waals surface area contributed by atoms with Gasteiger partial charge >= 0.3 is 18.9 Å². The summed E-state index contributed by atoms with van der Waals surface area (Å²) in [5, 5.41) is 0. The molecule has 0 heterocycles. The fraction of sp³-hybridized carbons (Fsp3) is 1.00. The molecular formula is C8H18LiO3PS. The molecule has 14 heavy (non-hydrogen) atoms. The van der Waals surface area contributed by atoms with Crippen LogP contribution in [0.2, 0.25) is 0 Å². The van der Waals surface area contributed by atoms with Crippen LogP contribution in [-0.4, -0.2) is 13.2 Å². The van der Waals surface area contributed by atoms with Crippen LogP contribution in [0.25, 0.3) is 0 Å². The second kappa shape index (κ2) is 8.30. The number of rotatable bonds is 6. The molecule has 0 amide bonds. The first kappa shape index (κ1) is 17.5. The molecule has 3 nitrogen and oxygen atoms in total. The van der Waals surface area contributed by atoms with E-state index in [1.54, 1.807) is 0 Å². The van der Waals surface area contributed by atoms with Crippen LogP contribution in [0.1, 0.15) is 27.7 Å². The van der Waals surface area contributed by atoms with Crippen molar-refractivity contribution < 1.29 is 32.8 Å². The first-order valence-corrected chi connectivity index (χ1v) is 6.99. The van der Waals surface area contributed by atoms with Crippen LogP contribution in [0.3, 0.4) is 0 Å². The van der Waals surface area contributed by atoms with Crippen LogP contribution in [-0.2, 0) is 20.9 Å². The molecule has 0 fully saturated rings. The van der Waals surface area contributed by atoms with Gasteiger partial charge in [-0.25, -0.2) is 0 Å². The number of hydrogen-bond donors (Lipinski definition) is 0. The third-order valence-corrected chi connectivity index (χ3v) is 2.70. The van der Waals surface area contributed by atoms with E-state index in [2.05, 4.69) is 0 Å². The van der Waals surface area contributed by atoms with E-state index in [-0.39, 0.29) is 18.9 Å². The van der Waals surface area contributed by atoms with Crippen molar-refractivity contribution in [1.82, 2.24) is 0 Å². The summed E-state index contributed by atoms with van der Waals surface area (Å²) in [6.45, 7) is 5.44. The Hall–Kier alpha value is 1.13. The molecule has 0 aliphatic rings. The Morgan fingerprint density at radius 1 is 1.07 bits per heavy atom. The van der Waals surface area contributed by atoms with Gasteiger partial charge in [0.15, 0.2) is 0 Å². The van der Waals surface area contributed by atoms with Crippen LogP contribution < -0.4 is 23.8 Å². The molecule has 0 aromatic carbocycles. The van der Waals surface area contributed by atoms with Crippen molar-refractivity contribution >= 4 is 18.5 Å². The normalized spacial score (nSPS) is 11.9. The molecule has 0 aromatic rings. The first-order valence-electron chi connectivity index (χ1n) is 4.43. The maximum Gasteiger partial charge on any atom is 1.00 e. The van der Waals surface area contributed by atoms with Gasteiger partial charge in [0.25, 0.3) is 0 Å². The molecule has 0 atom stereocenters. The van der Waals surface area contributed by atoms with E-state index in [0.29, 0.717) is 25.0 Å². The van der Waals surface area contributed by atoms with Gasteiger partial charge < -0.3 is 13.9 Å². The molecule has 0 rings (SSSR count). The Labute approximate surface area is 104 Å². The zero-order valence-electron chi connectivity index (χ0n) is 9.65. The Morgan fingerprint density at radius 2 is 1.36 bits per heavy atom. The molecule has 0 aromatic heterocycles. The summed E-state index contributed by atoms with van der Waals surface area (Å²) in [6.07, 6.45) is 0. The quantitative estimate of drug-likeness (QED) is 0.431. The molecule has 0 radical (unpaired) electrons. The SMILES string of the molecule is CC(C)COP([O-])(=S)OCC(C)C.[Li+]. The van der Waals surface area contributed by atoms with Gasteiger partial charge in [-0.2, -0.15) is 0 Å². The molecule has 0 aliphatic carbocycles. The molecule has 0 N–H and O–H groups in total. The van der Waals surface area contributed by atoms with Crippen molar-refractivity contribution in [3.8, 4) is 0 Å². The van der Waals surface area contributed by atoms with Crippen molar-refractivity contribution in [1.29, 1.82) is 0 Å². The van der Waals surface area contributed by atoms with Gasteiger partial charge in [-0.05, 0) is 11.8 Å². The van der Waals surface area contributed by atoms with Crippen molar-refractivity contribution in [2.24, 2.45) is 11.8 Å². The fourth-order valence-electron chi connectivity index (χ4n) is 0.518. The molecule has 0 saturated carbocycles. The van der Waals surface area contributed by atoms with Gasteiger partial charge in [-0.3, -0.25) is 0 Å². The number of hydrogen-bond acceptors (Lipinski definition) is 4. The Balaban J connectivity index is 0. The molecule has 0 bridgehead atoms. The van der Waals surface area contributed by atoms with E-state index in [0.717, 1.165) is 0 Å². The van der Waals surface area contributed by atoms with E-state index in [1.807, 2.05) is 27.7 Å². The van der Waals surface area contributed by atoms with Crippen LogP contribution in [0.5, 0.6) is 0 Å². The molecule has 0 spiro atoms. The molecular weight excluding hydrogens is 214 g/mol. The maximum atomic E-state index is 11.4. The molecule has 0 unspecified atom stereocenters. The van der Waals surface area contributed by atoms with Crippen LogP contribution in [0.4, 0.5) is 0 Å². The predicted octanol–water partition coefficient (Wildman–Crippen LogP) is -1.08. The average Bonchev–Trinajstić information content (AvgIpc) is 1.98. The van der Waals surface area contributed by atoms with Crippen LogP contribution in [0, 0.1) is 11.8 Å². The zero-order valence-corrected chi connectivity index (χ0v) is 11.4. The Morgan fingerprint density at radius 3 is 1.57 bits per heavy atom. The predicted molar refractivity (Wildman–Crippen MR) is 55.9 cm³/mol. The summed E-state index contributed by atoms with van der Waals surface area (Å²) in [5.41, 5.74) is 0. The average molecular weight is 232 g/mol. The summed E-state index contributed by atoms with van der Waals surface area (Å²) in [4.78, 5) is 11.4. The largest absolute Gasteiger partial charge is 1.00 e. The van der Waals surface area contributed by atoms with Crippen LogP contribution >= 0.6 is 6.72 Å². The van der Waals surface area contributed by atoms with Crippen LogP contribution in [0.15, 0.2) is 0 Å². The second-order valence-corrected chi connectivity index (χ2v) is 6.58. The van der Waals surface area contributed by atoms with E-state index < -0.39 is 6.72 Å². The van der Waals surface area contributed by atoms with Gasteiger partial charge in [0.2, 0.25) is 0 Å². The monoisotopic (exact) mass is 232 g/mol. The zero-order chi connectivity index (χ0) is 10.5. The Kier molecular flexibility index (Phi) is 10.4. The van der Waals surface area contributed by atoms with Gasteiger partial charge in [0.1, 0.15) is 6.72 Å². The van der Waals surface area contributed by atoms with Gasteiger partial charge in [0.05, 0.1) is 13.2 Å². The van der Waals surface area contributed by atoms with Crippen molar-refractivity contribution in [2.75, 3.05) is 13.2 Å². The Bertz CT molecular complexity index is 171. The summed E-state index contributed by atoms with van der Waals surface area (Å²) in [5.74, 6) is 0.637. The second-order valence-electron chi connectivity index (χ2n) is 3.83. The summed E-state index contributed by atoms with van der Waals surface area (Å²) < 4.78 is 9.98. The van der Waals surface area contributed by atoms with E-state index in [4.69, 9.17) is 20.9 Å². The summed E-state index contributed by atoms with van der Waals surface area (Å²) in [7, 11) is 0. The van der Waals surface area contributed by atoms with Gasteiger partial charge in [-0.1, -0.05) is 39.5 Å². The van der Waals surface area contributed by atoms with Crippen molar-refractivity contribution in [3.63, 3.8) is 0 Å². The van der Waals surface area contributed by atoms with Gasteiger partial charge in [0, 0.05) is 0 Å². The standard InChI is InChI=1S/C8H19O3PS.Li/c1-7(2)5-10-12(9,13)11-6-8(3)4;/h7-8H,5-6H2,1-4H3,(H,9,13);/q;+1/p-1. The first-order chi connectivity index (χ1) is 5.83. The molecule has 0 aliphatic heterocycles. The van der Waals surface area contributed by atoms with Crippen molar-refractivity contribution in [3.05, 3.63) is 0 Å². The smallest absolute Gasteiger partial charge is 0.780 e. The topological polar surface area (TPSA) is 41.5 Å². The van der Waals surface area contributed by atoms with E-state index >= 15 is 0 Å². The molecule has 0 saturated heterocycles. The molecule has 80 valence electrons. The van der Waals surface area contributed by atoms with E-state index in [1.165, 1.54) is 0 Å². The maximum absolute atomic E-state index is 11.4. The minimum atomic E-state index is -3.22. The van der Waals surface area contributed by atoms with Gasteiger partial charge in [-0.15, -0.1) is 0 Å². The van der Waals surface area contributed by atoms with E-state index in [9.17, 15) is 4.89 Å². The summed E-state index contributed by atoms with van der Waals surface area (Å²) >= 11 is 4.69. The minimum Gasteiger partial charge on any atom is -0.780 e. The fourth-order valence-corrected chi connectivity index (χ4v) is 1.92. The summed E-state index contributed by atoms with van der Waals surface area (Å²) in [6, 6.07) is 0.